The van der Waals surface area contributed by atoms with Gasteiger partial charge in [0.15, 0.2) is 18.5 Å². The topological polar surface area (TPSA) is 167 Å². The predicted octanol–water partition coefficient (Wildman–Crippen LogP) is 4.15. The van der Waals surface area contributed by atoms with Gasteiger partial charge in [0.25, 0.3) is 11.8 Å². The molecule has 2 aliphatic heterocycles. The van der Waals surface area contributed by atoms with Gasteiger partial charge in [0.05, 0.1) is 35.5 Å². The Morgan fingerprint density at radius 1 is 0.712 bits per heavy atom. The normalized spacial score (nSPS) is 20.9. The number of amides is 3. The van der Waals surface area contributed by atoms with Gasteiger partial charge in [-0.1, -0.05) is 78.9 Å². The number of fused-ring (bicyclic) bond motifs is 1. The van der Waals surface area contributed by atoms with E-state index < -0.39 is 67.1 Å². The third kappa shape index (κ3) is 8.18. The third-order valence-electron chi connectivity index (χ3n) is 8.51. The van der Waals surface area contributed by atoms with Gasteiger partial charge >= 0.3 is 18.0 Å². The summed E-state index contributed by atoms with van der Waals surface area (Å²) in [6.07, 6.45) is -6.25. The zero-order valence-corrected chi connectivity index (χ0v) is 27.9. The van der Waals surface area contributed by atoms with Crippen LogP contribution >= 0.6 is 0 Å². The van der Waals surface area contributed by atoms with E-state index >= 15 is 0 Å². The number of nitrogens with one attached hydrogen (secondary N) is 1. The first-order chi connectivity index (χ1) is 25.4. The van der Waals surface area contributed by atoms with Gasteiger partial charge in [-0.15, -0.1) is 0 Å². The minimum Gasteiger partial charge on any atom is -0.452 e. The third-order valence-corrected chi connectivity index (χ3v) is 8.51. The molecule has 13 nitrogen and oxygen atoms in total. The molecule has 0 aromatic heterocycles. The van der Waals surface area contributed by atoms with Crippen LogP contribution in [-0.2, 0) is 30.3 Å². The van der Waals surface area contributed by atoms with Crippen LogP contribution in [0.2, 0.25) is 0 Å². The Labute approximate surface area is 299 Å². The smallest absolute Gasteiger partial charge is 0.407 e. The van der Waals surface area contributed by atoms with Crippen LogP contribution in [0.4, 0.5) is 4.79 Å². The summed E-state index contributed by atoms with van der Waals surface area (Å²) in [5.41, 5.74) is 1.35. The highest BCUT2D eigenvalue weighted by Gasteiger charge is 2.57. The molecule has 0 saturated carbocycles. The minimum atomic E-state index is -1.57. The van der Waals surface area contributed by atoms with Crippen molar-refractivity contribution < 1.29 is 52.8 Å². The summed E-state index contributed by atoms with van der Waals surface area (Å²) in [7, 11) is 0. The molecule has 52 heavy (non-hydrogen) atoms. The molecule has 6 rings (SSSR count). The number of carbonyl (C=O) groups excluding carboxylic acids is 5. The first-order valence-electron chi connectivity index (χ1n) is 16.7. The van der Waals surface area contributed by atoms with E-state index in [0.717, 1.165) is 10.5 Å². The molecule has 0 radical (unpaired) electrons. The van der Waals surface area contributed by atoms with E-state index in [4.69, 9.17) is 23.7 Å². The summed E-state index contributed by atoms with van der Waals surface area (Å²) in [4.78, 5) is 68.0. The number of benzene rings is 4. The lowest BCUT2D eigenvalue weighted by Gasteiger charge is -2.47. The minimum absolute atomic E-state index is 0.0741. The Kier molecular flexibility index (Phi) is 11.7. The van der Waals surface area contributed by atoms with E-state index in [-0.39, 0.29) is 48.4 Å². The SMILES string of the molecule is O=C(NCCCO[C@@H]1O[C@H](CO)[C@@H](OC(=O)c2ccccc2)[C@H](OC(=O)c2ccccc2)[C@H]1N1C(=O)c2ccccc2C1=O)OCc1ccccc1. The number of hydrogen-bond donors (Lipinski definition) is 2. The summed E-state index contributed by atoms with van der Waals surface area (Å²) in [6.45, 7) is -0.571. The van der Waals surface area contributed by atoms with E-state index in [2.05, 4.69) is 5.32 Å². The standard InChI is InChI=1S/C39H36N2O11/c42-23-30-32(51-36(45)26-15-6-2-7-16-26)33(52-37(46)27-17-8-3-9-18-27)31(41-34(43)28-19-10-11-20-29(28)35(41)44)38(50-30)48-22-12-21-40-39(47)49-24-25-13-4-1-5-14-25/h1-11,13-20,30-33,38,42H,12,21-24H2,(H,40,47)/t30-,31-,32-,33-,38-/m1/s1. The van der Waals surface area contributed by atoms with Crippen LogP contribution in [0.15, 0.2) is 115 Å². The number of nitrogens with zero attached hydrogens (tertiary/aromatic N) is 1. The first-order valence-corrected chi connectivity index (χ1v) is 16.7. The Morgan fingerprint density at radius 3 is 1.79 bits per heavy atom. The number of ether oxygens (including phenoxy) is 5. The average Bonchev–Trinajstić information content (AvgIpc) is 3.43. The second kappa shape index (κ2) is 16.9. The van der Waals surface area contributed by atoms with E-state index in [1.807, 2.05) is 30.3 Å². The summed E-state index contributed by atoms with van der Waals surface area (Å²) in [5, 5.41) is 13.1. The fraction of sp³-hybridized carbons (Fsp3) is 0.256. The van der Waals surface area contributed by atoms with Crippen molar-refractivity contribution in [3.63, 3.8) is 0 Å². The highest BCUT2D eigenvalue weighted by Crippen LogP contribution is 2.36. The monoisotopic (exact) mass is 708 g/mol. The van der Waals surface area contributed by atoms with E-state index in [1.54, 1.807) is 48.5 Å². The fourth-order valence-electron chi connectivity index (χ4n) is 5.97. The Bertz CT molecular complexity index is 1840. The Balaban J connectivity index is 1.26. The Morgan fingerprint density at radius 2 is 1.23 bits per heavy atom. The number of aliphatic hydroxyl groups is 1. The molecule has 13 heteroatoms. The maximum absolute atomic E-state index is 13.9. The van der Waals surface area contributed by atoms with Gasteiger partial charge in [0.2, 0.25) is 0 Å². The number of hydrogen-bond acceptors (Lipinski definition) is 11. The summed E-state index contributed by atoms with van der Waals surface area (Å²) in [6, 6.07) is 29.9. The maximum Gasteiger partial charge on any atom is 0.407 e. The molecule has 1 fully saturated rings. The fourth-order valence-corrected chi connectivity index (χ4v) is 5.97. The van der Waals surface area contributed by atoms with Gasteiger partial charge in [-0.25, -0.2) is 14.4 Å². The number of rotatable bonds is 13. The number of esters is 2. The van der Waals surface area contributed by atoms with Crippen molar-refractivity contribution in [2.45, 2.75) is 43.7 Å². The summed E-state index contributed by atoms with van der Waals surface area (Å²) in [5.74, 6) is -3.08. The summed E-state index contributed by atoms with van der Waals surface area (Å²) < 4.78 is 29.4. The van der Waals surface area contributed by atoms with Crippen molar-refractivity contribution in [1.29, 1.82) is 0 Å². The zero-order chi connectivity index (χ0) is 36.5. The van der Waals surface area contributed by atoms with Crippen molar-refractivity contribution in [2.75, 3.05) is 19.8 Å². The van der Waals surface area contributed by atoms with Gasteiger partial charge in [-0.2, -0.15) is 0 Å². The molecule has 1 saturated heterocycles. The van der Waals surface area contributed by atoms with E-state index in [1.165, 1.54) is 36.4 Å². The molecule has 3 amide bonds. The van der Waals surface area contributed by atoms with Gasteiger partial charge in [-0.3, -0.25) is 14.5 Å². The number of aliphatic hydroxyl groups excluding tert-OH is 1. The van der Waals surface area contributed by atoms with Crippen LogP contribution < -0.4 is 5.32 Å². The van der Waals surface area contributed by atoms with Gasteiger partial charge in [-0.05, 0) is 48.4 Å². The molecule has 0 spiro atoms. The number of imide groups is 1. The van der Waals surface area contributed by atoms with Gasteiger partial charge in [0.1, 0.15) is 18.8 Å². The molecule has 4 aromatic carbocycles. The van der Waals surface area contributed by atoms with Crippen LogP contribution in [-0.4, -0.2) is 90.3 Å². The molecule has 0 unspecified atom stereocenters. The summed E-state index contributed by atoms with van der Waals surface area (Å²) >= 11 is 0. The molecular weight excluding hydrogens is 672 g/mol. The van der Waals surface area contributed by atoms with Crippen molar-refractivity contribution in [2.24, 2.45) is 0 Å². The number of carbonyl (C=O) groups is 5. The van der Waals surface area contributed by atoms with Crippen LogP contribution in [0.25, 0.3) is 0 Å². The molecule has 268 valence electrons. The molecule has 4 aromatic rings. The van der Waals surface area contributed by atoms with Gasteiger partial charge in [0, 0.05) is 6.54 Å². The van der Waals surface area contributed by atoms with Crippen molar-refractivity contribution in [3.8, 4) is 0 Å². The predicted molar refractivity (Wildman–Crippen MR) is 183 cm³/mol. The molecule has 2 N–H and O–H groups in total. The lowest BCUT2D eigenvalue weighted by Crippen LogP contribution is -2.67. The highest BCUT2D eigenvalue weighted by atomic mass is 16.7. The van der Waals surface area contributed by atoms with Crippen molar-refractivity contribution in [1.82, 2.24) is 10.2 Å². The lowest BCUT2D eigenvalue weighted by atomic mass is 9.94. The molecule has 5 atom stereocenters. The van der Waals surface area contributed by atoms with Crippen molar-refractivity contribution >= 4 is 29.8 Å². The Hall–Kier alpha value is -5.89. The van der Waals surface area contributed by atoms with Crippen LogP contribution in [0.3, 0.4) is 0 Å². The highest BCUT2D eigenvalue weighted by molar-refractivity contribution is 6.21. The van der Waals surface area contributed by atoms with Crippen LogP contribution in [0.1, 0.15) is 53.4 Å². The molecule has 0 bridgehead atoms. The second-order valence-electron chi connectivity index (χ2n) is 11.9. The lowest BCUT2D eigenvalue weighted by molar-refractivity contribution is -0.278. The van der Waals surface area contributed by atoms with E-state index in [0.29, 0.717) is 0 Å². The molecule has 2 aliphatic rings. The zero-order valence-electron chi connectivity index (χ0n) is 27.9. The van der Waals surface area contributed by atoms with E-state index in [9.17, 15) is 29.1 Å². The second-order valence-corrected chi connectivity index (χ2v) is 11.9. The first kappa shape index (κ1) is 35.9. The maximum atomic E-state index is 13.9. The largest absolute Gasteiger partial charge is 0.452 e. The molecule has 0 aliphatic carbocycles. The van der Waals surface area contributed by atoms with Gasteiger partial charge < -0.3 is 34.1 Å². The quantitative estimate of drug-likeness (QED) is 0.0887. The van der Waals surface area contributed by atoms with Crippen LogP contribution in [0.5, 0.6) is 0 Å². The molecular formula is C39H36N2O11. The number of alkyl carbamates (subject to hydrolysis) is 1. The average molecular weight is 709 g/mol. The molecule has 2 heterocycles. The van der Waals surface area contributed by atoms with Crippen LogP contribution in [0, 0.1) is 0 Å². The van der Waals surface area contributed by atoms with Crippen molar-refractivity contribution in [3.05, 3.63) is 143 Å².